The maximum atomic E-state index is 6.05. The molecule has 4 rings (SSSR count). The molecule has 1 aliphatic carbocycles. The van der Waals surface area contributed by atoms with Crippen molar-refractivity contribution in [2.24, 2.45) is 0 Å². The number of fused-ring (bicyclic) bond motifs is 1. The summed E-state index contributed by atoms with van der Waals surface area (Å²) < 4.78 is 8.30. The average molecular weight is 282 g/mol. The second-order valence-electron chi connectivity index (χ2n) is 6.43. The molecule has 1 aromatic carbocycles. The van der Waals surface area contributed by atoms with E-state index >= 15 is 0 Å². The average Bonchev–Trinajstić information content (AvgIpc) is 3.05. The second-order valence-corrected chi connectivity index (χ2v) is 6.43. The fraction of sp³-hybridized carbons (Fsp3) is 0.444. The van der Waals surface area contributed by atoms with Crippen LogP contribution in [0.25, 0.3) is 0 Å². The molecule has 0 saturated heterocycles. The fourth-order valence-electron chi connectivity index (χ4n) is 3.04. The van der Waals surface area contributed by atoms with E-state index in [4.69, 9.17) is 4.74 Å². The molecule has 1 unspecified atom stereocenters. The topological polar surface area (TPSA) is 26.2 Å². The Kier molecular flexibility index (Phi) is 3.23. The van der Waals surface area contributed by atoms with Gasteiger partial charge in [0.25, 0.3) is 0 Å². The maximum Gasteiger partial charge on any atom is 0.123 e. The highest BCUT2D eigenvalue weighted by Crippen LogP contribution is 2.30. The van der Waals surface area contributed by atoms with E-state index in [1.807, 2.05) is 0 Å². The summed E-state index contributed by atoms with van der Waals surface area (Å²) in [6.45, 7) is 4.05. The van der Waals surface area contributed by atoms with Gasteiger partial charge in [0.15, 0.2) is 0 Å². The Bertz CT molecular complexity index is 642. The molecule has 0 radical (unpaired) electrons. The molecule has 1 aliphatic heterocycles. The Balaban J connectivity index is 1.36. The standard InChI is InChI=1S/C18H22N2O/c1-13-2-5-18-15(8-13)9-17(21-18)12-20-7-6-14(11-20)10-19-16-3-4-16/h2,5-8,11,16-17,19H,3-4,9-10,12H2,1H3. The van der Waals surface area contributed by atoms with Crippen LogP contribution in [0.5, 0.6) is 5.75 Å². The first-order valence-electron chi connectivity index (χ1n) is 7.90. The van der Waals surface area contributed by atoms with Gasteiger partial charge in [-0.3, -0.25) is 0 Å². The SMILES string of the molecule is Cc1ccc2c(c1)CC(Cn1ccc(CNC3CC3)c1)O2. The molecule has 0 amide bonds. The van der Waals surface area contributed by atoms with Crippen LogP contribution in [0.3, 0.4) is 0 Å². The zero-order valence-corrected chi connectivity index (χ0v) is 12.5. The first-order chi connectivity index (χ1) is 10.3. The summed E-state index contributed by atoms with van der Waals surface area (Å²) in [6.07, 6.45) is 8.38. The highest BCUT2D eigenvalue weighted by Gasteiger charge is 2.23. The van der Waals surface area contributed by atoms with Gasteiger partial charge < -0.3 is 14.6 Å². The Morgan fingerprint density at radius 3 is 3.05 bits per heavy atom. The zero-order valence-electron chi connectivity index (χ0n) is 12.5. The molecule has 1 saturated carbocycles. The van der Waals surface area contributed by atoms with E-state index in [0.717, 1.165) is 31.3 Å². The van der Waals surface area contributed by atoms with Gasteiger partial charge in [-0.1, -0.05) is 17.7 Å². The smallest absolute Gasteiger partial charge is 0.123 e. The van der Waals surface area contributed by atoms with Crippen molar-refractivity contribution in [3.63, 3.8) is 0 Å². The summed E-state index contributed by atoms with van der Waals surface area (Å²) >= 11 is 0. The van der Waals surface area contributed by atoms with Crippen molar-refractivity contribution in [2.45, 2.75) is 51.4 Å². The summed E-state index contributed by atoms with van der Waals surface area (Å²) in [6, 6.07) is 9.45. The molecule has 0 bridgehead atoms. The number of ether oxygens (including phenoxy) is 1. The van der Waals surface area contributed by atoms with Crippen LogP contribution in [0.4, 0.5) is 0 Å². The minimum absolute atomic E-state index is 0.262. The first kappa shape index (κ1) is 13.0. The second kappa shape index (κ2) is 5.23. The van der Waals surface area contributed by atoms with E-state index in [0.29, 0.717) is 0 Å². The van der Waals surface area contributed by atoms with E-state index < -0.39 is 0 Å². The molecule has 2 aromatic rings. The lowest BCUT2D eigenvalue weighted by Gasteiger charge is -2.11. The Labute approximate surface area is 125 Å². The van der Waals surface area contributed by atoms with E-state index in [1.165, 1.54) is 29.5 Å². The largest absolute Gasteiger partial charge is 0.488 e. The molecular formula is C18H22N2O. The van der Waals surface area contributed by atoms with Gasteiger partial charge in [0.1, 0.15) is 11.9 Å². The van der Waals surface area contributed by atoms with Crippen LogP contribution in [0.1, 0.15) is 29.5 Å². The number of aryl methyl sites for hydroxylation is 1. The third-order valence-corrected chi connectivity index (χ3v) is 4.36. The van der Waals surface area contributed by atoms with E-state index in [1.54, 1.807) is 0 Å². The third-order valence-electron chi connectivity index (χ3n) is 4.36. The van der Waals surface area contributed by atoms with Gasteiger partial charge in [-0.15, -0.1) is 0 Å². The number of nitrogens with one attached hydrogen (secondary N) is 1. The van der Waals surface area contributed by atoms with Crippen LogP contribution in [0, 0.1) is 6.92 Å². The van der Waals surface area contributed by atoms with Gasteiger partial charge >= 0.3 is 0 Å². The van der Waals surface area contributed by atoms with Crippen molar-refractivity contribution in [3.05, 3.63) is 53.3 Å². The quantitative estimate of drug-likeness (QED) is 0.912. The normalized spacial score (nSPS) is 20.3. The van der Waals surface area contributed by atoms with Crippen molar-refractivity contribution in [1.29, 1.82) is 0 Å². The van der Waals surface area contributed by atoms with Crippen molar-refractivity contribution >= 4 is 0 Å². The third kappa shape index (κ3) is 2.98. The molecule has 1 aromatic heterocycles. The first-order valence-corrected chi connectivity index (χ1v) is 7.90. The molecule has 1 atom stereocenters. The number of nitrogens with zero attached hydrogens (tertiary/aromatic N) is 1. The lowest BCUT2D eigenvalue weighted by molar-refractivity contribution is 0.209. The van der Waals surface area contributed by atoms with Crippen molar-refractivity contribution < 1.29 is 4.74 Å². The van der Waals surface area contributed by atoms with Gasteiger partial charge in [0.2, 0.25) is 0 Å². The van der Waals surface area contributed by atoms with Crippen LogP contribution in [-0.4, -0.2) is 16.7 Å². The molecule has 3 heteroatoms. The molecule has 3 nitrogen and oxygen atoms in total. The number of hydrogen-bond acceptors (Lipinski definition) is 2. The number of benzene rings is 1. The van der Waals surface area contributed by atoms with Gasteiger partial charge in [0.05, 0.1) is 6.54 Å². The lowest BCUT2D eigenvalue weighted by Crippen LogP contribution is -2.20. The van der Waals surface area contributed by atoms with Crippen molar-refractivity contribution in [2.75, 3.05) is 0 Å². The molecule has 0 spiro atoms. The van der Waals surface area contributed by atoms with Crippen LogP contribution in [-0.2, 0) is 19.5 Å². The molecule has 1 fully saturated rings. The molecule has 110 valence electrons. The van der Waals surface area contributed by atoms with Gasteiger partial charge in [-0.05, 0) is 43.0 Å². The monoisotopic (exact) mass is 282 g/mol. The summed E-state index contributed by atoms with van der Waals surface area (Å²) in [5, 5.41) is 3.56. The Hall–Kier alpha value is -1.74. The fourth-order valence-corrected chi connectivity index (χ4v) is 3.04. The minimum atomic E-state index is 0.262. The van der Waals surface area contributed by atoms with Gasteiger partial charge in [0, 0.05) is 31.4 Å². The number of aromatic nitrogens is 1. The van der Waals surface area contributed by atoms with Crippen LogP contribution in [0.15, 0.2) is 36.7 Å². The highest BCUT2D eigenvalue weighted by atomic mass is 16.5. The molecule has 2 heterocycles. The zero-order chi connectivity index (χ0) is 14.2. The summed E-state index contributed by atoms with van der Waals surface area (Å²) in [5.74, 6) is 1.06. The van der Waals surface area contributed by atoms with Gasteiger partial charge in [-0.25, -0.2) is 0 Å². The van der Waals surface area contributed by atoms with Crippen LogP contribution >= 0.6 is 0 Å². The van der Waals surface area contributed by atoms with Crippen LogP contribution in [0.2, 0.25) is 0 Å². The molecule has 1 N–H and O–H groups in total. The highest BCUT2D eigenvalue weighted by molar-refractivity contribution is 5.40. The Morgan fingerprint density at radius 1 is 1.29 bits per heavy atom. The number of rotatable bonds is 5. The van der Waals surface area contributed by atoms with Crippen molar-refractivity contribution in [1.82, 2.24) is 9.88 Å². The predicted octanol–water partition coefficient (Wildman–Crippen LogP) is 3.05. The maximum absolute atomic E-state index is 6.05. The lowest BCUT2D eigenvalue weighted by atomic mass is 10.1. The van der Waals surface area contributed by atoms with Gasteiger partial charge in [-0.2, -0.15) is 0 Å². The number of hydrogen-bond donors (Lipinski definition) is 1. The molecule has 21 heavy (non-hydrogen) atoms. The van der Waals surface area contributed by atoms with Crippen LogP contribution < -0.4 is 10.1 Å². The van der Waals surface area contributed by atoms with E-state index in [9.17, 15) is 0 Å². The summed E-state index contributed by atoms with van der Waals surface area (Å²) in [4.78, 5) is 0. The summed E-state index contributed by atoms with van der Waals surface area (Å²) in [7, 11) is 0. The molecular weight excluding hydrogens is 260 g/mol. The minimum Gasteiger partial charge on any atom is -0.488 e. The summed E-state index contributed by atoms with van der Waals surface area (Å²) in [5.41, 5.74) is 4.03. The van der Waals surface area contributed by atoms with Crippen molar-refractivity contribution in [3.8, 4) is 5.75 Å². The Morgan fingerprint density at radius 2 is 2.19 bits per heavy atom. The predicted molar refractivity (Wildman–Crippen MR) is 83.6 cm³/mol. The van der Waals surface area contributed by atoms with E-state index in [-0.39, 0.29) is 6.10 Å². The molecule has 2 aliphatic rings. The van der Waals surface area contributed by atoms with E-state index in [2.05, 4.69) is 53.5 Å².